The lowest BCUT2D eigenvalue weighted by Crippen LogP contribution is -2.27. The highest BCUT2D eigenvalue weighted by Crippen LogP contribution is 2.26. The Labute approximate surface area is 130 Å². The third-order valence-corrected chi connectivity index (χ3v) is 4.36. The van der Waals surface area contributed by atoms with Gasteiger partial charge in [-0.1, -0.05) is 29.8 Å². The van der Waals surface area contributed by atoms with Crippen LogP contribution in [0.15, 0.2) is 46.9 Å². The van der Waals surface area contributed by atoms with Gasteiger partial charge in [0.2, 0.25) is 0 Å². The van der Waals surface area contributed by atoms with Gasteiger partial charge < -0.3 is 14.8 Å². The van der Waals surface area contributed by atoms with Crippen molar-refractivity contribution in [3.8, 4) is 0 Å². The molecule has 2 N–H and O–H groups in total. The van der Waals surface area contributed by atoms with Crippen molar-refractivity contribution in [3.63, 3.8) is 0 Å². The largest absolute Gasteiger partial charge is 0.451 e. The molecule has 0 saturated heterocycles. The second kappa shape index (κ2) is 5.89. The van der Waals surface area contributed by atoms with Gasteiger partial charge in [-0.25, -0.2) is 0 Å². The molecule has 2 heterocycles. The average Bonchev–Trinajstić information content (AvgIpc) is 3.10. The van der Waals surface area contributed by atoms with Crippen molar-refractivity contribution in [2.75, 3.05) is 6.54 Å². The lowest BCUT2D eigenvalue weighted by molar-refractivity contribution is 0.0893. The summed E-state index contributed by atoms with van der Waals surface area (Å²) in [7, 11) is 0. The summed E-state index contributed by atoms with van der Waals surface area (Å²) in [6.07, 6.45) is -0.782. The minimum Gasteiger partial charge on any atom is -0.451 e. The molecular formula is C15H12ClNO3S. The van der Waals surface area contributed by atoms with Crippen LogP contribution in [-0.2, 0) is 0 Å². The van der Waals surface area contributed by atoms with Gasteiger partial charge in [-0.05, 0) is 24.3 Å². The van der Waals surface area contributed by atoms with Crippen molar-refractivity contribution in [2.24, 2.45) is 0 Å². The van der Waals surface area contributed by atoms with Gasteiger partial charge in [-0.2, -0.15) is 0 Å². The Bertz CT molecular complexity index is 747. The topological polar surface area (TPSA) is 62.5 Å². The van der Waals surface area contributed by atoms with Gasteiger partial charge >= 0.3 is 0 Å². The third-order valence-electron chi connectivity index (χ3n) is 3.03. The lowest BCUT2D eigenvalue weighted by Gasteiger charge is -2.08. The molecule has 0 aliphatic carbocycles. The maximum atomic E-state index is 12.0. The Morgan fingerprint density at radius 3 is 2.86 bits per heavy atom. The van der Waals surface area contributed by atoms with Gasteiger partial charge in [0.1, 0.15) is 11.7 Å². The second-order valence-electron chi connectivity index (χ2n) is 4.52. The summed E-state index contributed by atoms with van der Waals surface area (Å²) >= 11 is 7.10. The van der Waals surface area contributed by atoms with E-state index in [1.54, 1.807) is 24.3 Å². The highest BCUT2D eigenvalue weighted by Gasteiger charge is 2.15. The van der Waals surface area contributed by atoms with Gasteiger partial charge in [0.15, 0.2) is 5.76 Å². The van der Waals surface area contributed by atoms with Crippen LogP contribution in [0.1, 0.15) is 21.5 Å². The first-order chi connectivity index (χ1) is 10.1. The SMILES string of the molecule is O=C(NC[C@@H](O)c1ccc(Cl)s1)c1cc2ccccc2o1. The second-order valence-corrected chi connectivity index (χ2v) is 6.26. The molecule has 1 aromatic carbocycles. The summed E-state index contributed by atoms with van der Waals surface area (Å²) in [5, 5.41) is 13.5. The number of hydrogen-bond acceptors (Lipinski definition) is 4. The van der Waals surface area contributed by atoms with Crippen LogP contribution in [0.25, 0.3) is 11.0 Å². The van der Waals surface area contributed by atoms with Gasteiger partial charge in [-0.15, -0.1) is 11.3 Å². The highest BCUT2D eigenvalue weighted by molar-refractivity contribution is 7.16. The summed E-state index contributed by atoms with van der Waals surface area (Å²) in [6.45, 7) is 0.104. The molecule has 3 aromatic rings. The van der Waals surface area contributed by atoms with Crippen molar-refractivity contribution < 1.29 is 14.3 Å². The van der Waals surface area contributed by atoms with Gasteiger partial charge in [0.05, 0.1) is 4.34 Å². The molecule has 4 nitrogen and oxygen atoms in total. The number of furan rings is 1. The maximum absolute atomic E-state index is 12.0. The summed E-state index contributed by atoms with van der Waals surface area (Å²) in [6, 6.07) is 12.5. The summed E-state index contributed by atoms with van der Waals surface area (Å²) < 4.78 is 6.06. The summed E-state index contributed by atoms with van der Waals surface area (Å²) in [4.78, 5) is 12.7. The number of carbonyl (C=O) groups excluding carboxylic acids is 1. The van der Waals surface area contributed by atoms with E-state index in [4.69, 9.17) is 16.0 Å². The fraction of sp³-hybridized carbons (Fsp3) is 0.133. The van der Waals surface area contributed by atoms with Gasteiger partial charge in [-0.3, -0.25) is 4.79 Å². The molecule has 0 unspecified atom stereocenters. The molecule has 21 heavy (non-hydrogen) atoms. The molecule has 2 aromatic heterocycles. The number of para-hydroxylation sites is 1. The number of hydrogen-bond donors (Lipinski definition) is 2. The zero-order valence-corrected chi connectivity index (χ0v) is 12.4. The van der Waals surface area contributed by atoms with Crippen LogP contribution >= 0.6 is 22.9 Å². The van der Waals surface area contributed by atoms with Gasteiger partial charge in [0.25, 0.3) is 5.91 Å². The molecule has 0 saturated carbocycles. The predicted octanol–water partition coefficient (Wildman–Crippen LogP) is 3.61. The first-order valence-corrected chi connectivity index (χ1v) is 7.53. The van der Waals surface area contributed by atoms with E-state index in [0.29, 0.717) is 14.8 Å². The van der Waals surface area contributed by atoms with E-state index < -0.39 is 6.10 Å². The number of thiophene rings is 1. The standard InChI is InChI=1S/C15H12ClNO3S/c16-14-6-5-13(21-14)10(18)8-17-15(19)12-7-9-3-1-2-4-11(9)20-12/h1-7,10,18H,8H2,(H,17,19)/t10-/m1/s1. The molecule has 108 valence electrons. The highest BCUT2D eigenvalue weighted by atomic mass is 35.5. The third kappa shape index (κ3) is 3.10. The zero-order chi connectivity index (χ0) is 14.8. The number of carbonyl (C=O) groups is 1. The van der Waals surface area contributed by atoms with Crippen molar-refractivity contribution in [2.45, 2.75) is 6.10 Å². The molecule has 0 aliphatic heterocycles. The van der Waals surface area contributed by atoms with Crippen molar-refractivity contribution in [3.05, 3.63) is 57.4 Å². The van der Waals surface area contributed by atoms with Crippen molar-refractivity contribution in [1.29, 1.82) is 0 Å². The van der Waals surface area contributed by atoms with Crippen LogP contribution in [0.4, 0.5) is 0 Å². The minimum atomic E-state index is -0.782. The summed E-state index contributed by atoms with van der Waals surface area (Å²) in [5.74, 6) is -0.125. The zero-order valence-electron chi connectivity index (χ0n) is 10.9. The first-order valence-electron chi connectivity index (χ1n) is 6.33. The van der Waals surface area contributed by atoms with Crippen LogP contribution in [0.2, 0.25) is 4.34 Å². The number of nitrogens with one attached hydrogen (secondary N) is 1. The Morgan fingerprint density at radius 2 is 2.14 bits per heavy atom. The van der Waals surface area contributed by atoms with Crippen LogP contribution in [-0.4, -0.2) is 17.6 Å². The minimum absolute atomic E-state index is 0.104. The van der Waals surface area contributed by atoms with E-state index in [2.05, 4.69) is 5.32 Å². The molecule has 0 spiro atoms. The first kappa shape index (κ1) is 14.1. The quantitative estimate of drug-likeness (QED) is 0.771. The maximum Gasteiger partial charge on any atom is 0.287 e. The molecule has 0 radical (unpaired) electrons. The lowest BCUT2D eigenvalue weighted by atomic mass is 10.2. The molecule has 1 atom stereocenters. The van der Waals surface area contributed by atoms with E-state index in [9.17, 15) is 9.90 Å². The van der Waals surface area contributed by atoms with Gasteiger partial charge in [0, 0.05) is 16.8 Å². The fourth-order valence-corrected chi connectivity index (χ4v) is 3.03. The Balaban J connectivity index is 1.66. The molecule has 6 heteroatoms. The van der Waals surface area contributed by atoms with Crippen LogP contribution in [0, 0.1) is 0 Å². The number of rotatable bonds is 4. The molecule has 0 fully saturated rings. The van der Waals surface area contributed by atoms with E-state index in [0.717, 1.165) is 5.39 Å². The number of aliphatic hydroxyl groups is 1. The molecule has 0 bridgehead atoms. The molecule has 0 aliphatic rings. The Kier molecular flexibility index (Phi) is 3.96. The van der Waals surface area contributed by atoms with Crippen molar-refractivity contribution >= 4 is 39.8 Å². The number of amides is 1. The molecule has 3 rings (SSSR count). The molecular weight excluding hydrogens is 310 g/mol. The number of fused-ring (bicyclic) bond motifs is 1. The summed E-state index contributed by atoms with van der Waals surface area (Å²) in [5.41, 5.74) is 0.660. The average molecular weight is 322 g/mol. The van der Waals surface area contributed by atoms with Crippen LogP contribution in [0.5, 0.6) is 0 Å². The smallest absolute Gasteiger partial charge is 0.287 e. The molecule has 1 amide bonds. The fourth-order valence-electron chi connectivity index (χ4n) is 1.98. The van der Waals surface area contributed by atoms with Crippen LogP contribution < -0.4 is 5.32 Å². The normalized spacial score (nSPS) is 12.5. The van der Waals surface area contributed by atoms with Crippen molar-refractivity contribution in [1.82, 2.24) is 5.32 Å². The number of aliphatic hydroxyl groups excluding tert-OH is 1. The Morgan fingerprint density at radius 1 is 1.33 bits per heavy atom. The van der Waals surface area contributed by atoms with E-state index in [1.165, 1.54) is 11.3 Å². The van der Waals surface area contributed by atoms with E-state index in [-0.39, 0.29) is 18.2 Å². The van der Waals surface area contributed by atoms with E-state index >= 15 is 0 Å². The monoisotopic (exact) mass is 321 g/mol. The number of halogens is 1. The van der Waals surface area contributed by atoms with Crippen LogP contribution in [0.3, 0.4) is 0 Å². The Hall–Kier alpha value is -1.82. The number of benzene rings is 1. The predicted molar refractivity (Wildman–Crippen MR) is 82.8 cm³/mol. The van der Waals surface area contributed by atoms with E-state index in [1.807, 2.05) is 18.2 Å².